The molecule has 0 aliphatic rings. The van der Waals surface area contributed by atoms with Gasteiger partial charge in [-0.2, -0.15) is 0 Å². The number of halogens is 3. The fourth-order valence-corrected chi connectivity index (χ4v) is 5.57. The summed E-state index contributed by atoms with van der Waals surface area (Å²) in [6.45, 7) is 1.77. The van der Waals surface area contributed by atoms with E-state index in [0.29, 0.717) is 23.6 Å². The summed E-state index contributed by atoms with van der Waals surface area (Å²) >= 11 is 18.7. The van der Waals surface area contributed by atoms with Crippen LogP contribution in [0.15, 0.2) is 72.8 Å². The van der Waals surface area contributed by atoms with E-state index in [1.807, 2.05) is 37.3 Å². The normalized spacial score (nSPS) is 12.0. The zero-order valence-electron chi connectivity index (χ0n) is 21.6. The van der Waals surface area contributed by atoms with Gasteiger partial charge in [-0.1, -0.05) is 90.3 Å². The van der Waals surface area contributed by atoms with Crippen molar-refractivity contribution in [2.24, 2.45) is 0 Å². The Kier molecular flexibility index (Phi) is 11.1. The Balaban J connectivity index is 2.07. The lowest BCUT2D eigenvalue weighted by Crippen LogP contribution is -2.53. The van der Waals surface area contributed by atoms with Crippen molar-refractivity contribution >= 4 is 62.3 Å². The summed E-state index contributed by atoms with van der Waals surface area (Å²) in [5.41, 5.74) is 1.59. The molecule has 3 rings (SSSR count). The minimum Gasteiger partial charge on any atom is -0.354 e. The number of benzene rings is 3. The molecule has 0 radical (unpaired) electrons. The average molecular weight is 611 g/mol. The highest BCUT2D eigenvalue weighted by Gasteiger charge is 2.33. The maximum absolute atomic E-state index is 14.0. The molecule has 39 heavy (non-hydrogen) atoms. The van der Waals surface area contributed by atoms with Gasteiger partial charge in [0.05, 0.1) is 11.9 Å². The van der Waals surface area contributed by atoms with E-state index in [-0.39, 0.29) is 34.6 Å². The molecule has 3 aromatic carbocycles. The fourth-order valence-electron chi connectivity index (χ4n) is 4.03. The molecule has 2 amide bonds. The minimum absolute atomic E-state index is 0.0105. The summed E-state index contributed by atoms with van der Waals surface area (Å²) in [4.78, 5) is 28.8. The Bertz CT molecular complexity index is 1380. The Morgan fingerprint density at radius 3 is 2.13 bits per heavy atom. The van der Waals surface area contributed by atoms with Crippen LogP contribution in [0, 0.1) is 0 Å². The van der Waals surface area contributed by atoms with Gasteiger partial charge < -0.3 is 10.2 Å². The van der Waals surface area contributed by atoms with E-state index < -0.39 is 28.5 Å². The monoisotopic (exact) mass is 609 g/mol. The van der Waals surface area contributed by atoms with Crippen molar-refractivity contribution in [3.63, 3.8) is 0 Å². The number of nitrogens with zero attached hydrogens (tertiary/aromatic N) is 2. The summed E-state index contributed by atoms with van der Waals surface area (Å²) in [7, 11) is -3.94. The van der Waals surface area contributed by atoms with Crippen LogP contribution in [0.3, 0.4) is 0 Å². The van der Waals surface area contributed by atoms with Gasteiger partial charge in [-0.3, -0.25) is 13.9 Å². The number of rotatable bonds is 12. The minimum atomic E-state index is -3.94. The number of hydrogen-bond acceptors (Lipinski definition) is 4. The average Bonchev–Trinajstić information content (AvgIpc) is 2.88. The molecule has 0 unspecified atom stereocenters. The lowest BCUT2D eigenvalue weighted by atomic mass is 10.0. The first kappa shape index (κ1) is 30.8. The zero-order chi connectivity index (χ0) is 28.6. The topological polar surface area (TPSA) is 86.8 Å². The van der Waals surface area contributed by atoms with Gasteiger partial charge in [-0.15, -0.1) is 0 Å². The van der Waals surface area contributed by atoms with E-state index in [2.05, 4.69) is 5.32 Å². The molecule has 0 fully saturated rings. The van der Waals surface area contributed by atoms with E-state index in [9.17, 15) is 18.0 Å². The van der Waals surface area contributed by atoms with Crippen LogP contribution in [0.1, 0.15) is 24.5 Å². The Hall–Kier alpha value is -2.78. The van der Waals surface area contributed by atoms with Crippen LogP contribution in [0.4, 0.5) is 5.69 Å². The Morgan fingerprint density at radius 2 is 1.54 bits per heavy atom. The van der Waals surface area contributed by atoms with Crippen molar-refractivity contribution < 1.29 is 18.0 Å². The third kappa shape index (κ3) is 8.86. The number of nitrogens with one attached hydrogen (secondary N) is 1. The van der Waals surface area contributed by atoms with Crippen molar-refractivity contribution in [3.05, 3.63) is 99.0 Å². The number of hydrogen-bond donors (Lipinski definition) is 1. The van der Waals surface area contributed by atoms with Crippen LogP contribution in [-0.2, 0) is 32.6 Å². The smallest absolute Gasteiger partial charge is 0.244 e. The van der Waals surface area contributed by atoms with Crippen LogP contribution in [0.5, 0.6) is 0 Å². The quantitative estimate of drug-likeness (QED) is 0.290. The van der Waals surface area contributed by atoms with Crippen LogP contribution in [-0.4, -0.2) is 50.5 Å². The molecule has 1 N–H and O–H groups in total. The highest BCUT2D eigenvalue weighted by molar-refractivity contribution is 7.92. The highest BCUT2D eigenvalue weighted by Crippen LogP contribution is 2.28. The van der Waals surface area contributed by atoms with Crippen LogP contribution in [0.2, 0.25) is 15.1 Å². The lowest BCUT2D eigenvalue weighted by molar-refractivity contribution is -0.140. The van der Waals surface area contributed by atoms with Crippen molar-refractivity contribution in [2.75, 3.05) is 23.7 Å². The third-order valence-corrected chi connectivity index (χ3v) is 7.88. The number of carbonyl (C=O) groups excluding carboxylic acids is 2. The molecule has 1 atom stereocenters. The molecule has 0 saturated carbocycles. The number of carbonyl (C=O) groups is 2. The van der Waals surface area contributed by atoms with Gasteiger partial charge in [0.25, 0.3) is 0 Å². The van der Waals surface area contributed by atoms with E-state index in [1.165, 1.54) is 23.1 Å². The van der Waals surface area contributed by atoms with Gasteiger partial charge in [0.15, 0.2) is 0 Å². The van der Waals surface area contributed by atoms with Crippen molar-refractivity contribution in [3.8, 4) is 0 Å². The first-order valence-electron chi connectivity index (χ1n) is 12.3. The Labute approximate surface area is 244 Å². The van der Waals surface area contributed by atoms with Gasteiger partial charge >= 0.3 is 0 Å². The second kappa shape index (κ2) is 14.0. The maximum atomic E-state index is 14.0. The maximum Gasteiger partial charge on any atom is 0.244 e. The second-order valence-corrected chi connectivity index (χ2v) is 12.2. The molecule has 0 aliphatic heterocycles. The zero-order valence-corrected chi connectivity index (χ0v) is 24.7. The second-order valence-electron chi connectivity index (χ2n) is 9.01. The van der Waals surface area contributed by atoms with E-state index >= 15 is 0 Å². The first-order valence-corrected chi connectivity index (χ1v) is 15.3. The summed E-state index contributed by atoms with van der Waals surface area (Å²) in [5, 5.41) is 3.74. The molecule has 3 aromatic rings. The molecule has 7 nitrogen and oxygen atoms in total. The van der Waals surface area contributed by atoms with Gasteiger partial charge in [-0.25, -0.2) is 8.42 Å². The third-order valence-electron chi connectivity index (χ3n) is 5.93. The predicted octanol–water partition coefficient (Wildman–Crippen LogP) is 5.58. The molecule has 0 saturated heterocycles. The molecule has 0 spiro atoms. The van der Waals surface area contributed by atoms with Gasteiger partial charge in [0.2, 0.25) is 21.8 Å². The Morgan fingerprint density at radius 1 is 0.923 bits per heavy atom. The standard InChI is InChI=1S/C28H30Cl3N3O4S/c1-3-13-32-28(36)26(14-20-9-5-4-6-10-20)33(18-21-11-7-8-12-25(21)31)27(35)19-34(39(2,37)38)24-16-22(29)15-23(30)17-24/h4-12,15-17,26H,3,13-14,18-19H2,1-2H3,(H,32,36)/t26-/m1/s1. The van der Waals surface area contributed by atoms with Crippen molar-refractivity contribution in [1.82, 2.24) is 10.2 Å². The van der Waals surface area contributed by atoms with Crippen LogP contribution in [0.25, 0.3) is 0 Å². The SMILES string of the molecule is CCCNC(=O)[C@@H](Cc1ccccc1)N(Cc1ccccc1Cl)C(=O)CN(c1cc(Cl)cc(Cl)c1)S(C)(=O)=O. The molecule has 0 heterocycles. The molecule has 0 bridgehead atoms. The number of sulfonamides is 1. The van der Waals surface area contributed by atoms with Crippen LogP contribution >= 0.6 is 34.8 Å². The van der Waals surface area contributed by atoms with Crippen LogP contribution < -0.4 is 9.62 Å². The van der Waals surface area contributed by atoms with E-state index in [4.69, 9.17) is 34.8 Å². The molecular formula is C28H30Cl3N3O4S. The summed E-state index contributed by atoms with van der Waals surface area (Å²) in [6.07, 6.45) is 1.91. The first-order chi connectivity index (χ1) is 18.5. The van der Waals surface area contributed by atoms with Crippen molar-refractivity contribution in [1.29, 1.82) is 0 Å². The van der Waals surface area contributed by atoms with Gasteiger partial charge in [0, 0.05) is 34.6 Å². The number of amides is 2. The molecule has 208 valence electrons. The molecule has 11 heteroatoms. The summed E-state index contributed by atoms with van der Waals surface area (Å²) in [5.74, 6) is -0.943. The number of anilines is 1. The predicted molar refractivity (Wildman–Crippen MR) is 158 cm³/mol. The summed E-state index contributed by atoms with van der Waals surface area (Å²) in [6, 6.07) is 19.7. The lowest BCUT2D eigenvalue weighted by Gasteiger charge is -2.33. The molecule has 0 aromatic heterocycles. The largest absolute Gasteiger partial charge is 0.354 e. The summed E-state index contributed by atoms with van der Waals surface area (Å²) < 4.78 is 26.6. The van der Waals surface area contributed by atoms with Crippen molar-refractivity contribution in [2.45, 2.75) is 32.4 Å². The fraction of sp³-hybridized carbons (Fsp3) is 0.286. The van der Waals surface area contributed by atoms with E-state index in [0.717, 1.165) is 16.1 Å². The van der Waals surface area contributed by atoms with Gasteiger partial charge in [0.1, 0.15) is 12.6 Å². The molecular weight excluding hydrogens is 581 g/mol. The highest BCUT2D eigenvalue weighted by atomic mass is 35.5. The van der Waals surface area contributed by atoms with Gasteiger partial charge in [-0.05, 0) is 41.8 Å². The molecule has 0 aliphatic carbocycles. The van der Waals surface area contributed by atoms with E-state index in [1.54, 1.807) is 24.3 Å².